The second kappa shape index (κ2) is 3.10. The van der Waals surface area contributed by atoms with Crippen molar-refractivity contribution in [3.63, 3.8) is 0 Å². The van der Waals surface area contributed by atoms with Crippen molar-refractivity contribution in [1.29, 1.82) is 0 Å². The van der Waals surface area contributed by atoms with Crippen molar-refractivity contribution in [2.24, 2.45) is 0 Å². The van der Waals surface area contributed by atoms with E-state index in [1.807, 2.05) is 0 Å². The molecule has 0 spiro atoms. The van der Waals surface area contributed by atoms with Crippen molar-refractivity contribution < 1.29 is 18.3 Å². The molecular weight excluding hydrogens is 205 g/mol. The first-order chi connectivity index (χ1) is 6.89. The van der Waals surface area contributed by atoms with Crippen LogP contribution in [0.15, 0.2) is 24.8 Å². The number of alkyl halides is 3. The van der Waals surface area contributed by atoms with Gasteiger partial charge in [-0.05, 0) is 28.8 Å². The summed E-state index contributed by atoms with van der Waals surface area (Å²) in [5, 5.41) is 9.50. The molecule has 80 valence electrons. The van der Waals surface area contributed by atoms with E-state index >= 15 is 0 Å². The van der Waals surface area contributed by atoms with Crippen molar-refractivity contribution in [2.75, 3.05) is 0 Å². The Balaban J connectivity index is 2.52. The zero-order valence-corrected chi connectivity index (χ0v) is 7.80. The summed E-state index contributed by atoms with van der Waals surface area (Å²) in [6.07, 6.45) is -4.74. The molecular formula is C11H9F3O. The van der Waals surface area contributed by atoms with Crippen LogP contribution in [0.1, 0.15) is 29.2 Å². The van der Waals surface area contributed by atoms with Crippen LogP contribution in [0.5, 0.6) is 0 Å². The maximum atomic E-state index is 12.4. The summed E-state index contributed by atoms with van der Waals surface area (Å²) in [4.78, 5) is 0. The number of fused-ring (bicyclic) bond motifs is 1. The summed E-state index contributed by atoms with van der Waals surface area (Å²) >= 11 is 0. The lowest BCUT2D eigenvalue weighted by Crippen LogP contribution is -2.05. The Morgan fingerprint density at radius 2 is 2.00 bits per heavy atom. The minimum absolute atomic E-state index is 0.316. The zero-order chi connectivity index (χ0) is 11.2. The number of halogens is 3. The Labute approximate surface area is 84.9 Å². The molecule has 1 aliphatic rings. The smallest absolute Gasteiger partial charge is 0.388 e. The van der Waals surface area contributed by atoms with Crippen molar-refractivity contribution >= 4 is 5.57 Å². The highest BCUT2D eigenvalue weighted by molar-refractivity contribution is 5.72. The molecule has 2 rings (SSSR count). The van der Waals surface area contributed by atoms with Crippen LogP contribution in [0.25, 0.3) is 5.57 Å². The van der Waals surface area contributed by atoms with Crippen molar-refractivity contribution in [1.82, 2.24) is 0 Å². The number of hydrogen-bond donors (Lipinski definition) is 1. The van der Waals surface area contributed by atoms with Gasteiger partial charge in [0.15, 0.2) is 0 Å². The highest BCUT2D eigenvalue weighted by Gasteiger charge is 2.33. The monoisotopic (exact) mass is 214 g/mol. The van der Waals surface area contributed by atoms with E-state index in [1.54, 1.807) is 0 Å². The maximum absolute atomic E-state index is 12.4. The molecule has 15 heavy (non-hydrogen) atoms. The van der Waals surface area contributed by atoms with Gasteiger partial charge in [-0.25, -0.2) is 0 Å². The van der Waals surface area contributed by atoms with Crippen LogP contribution in [0.2, 0.25) is 0 Å². The summed E-state index contributed by atoms with van der Waals surface area (Å²) in [5.74, 6) is 0. The molecule has 0 bridgehead atoms. The first-order valence-electron chi connectivity index (χ1n) is 4.47. The van der Waals surface area contributed by atoms with Crippen molar-refractivity contribution in [2.45, 2.75) is 18.7 Å². The van der Waals surface area contributed by atoms with Crippen LogP contribution in [0.4, 0.5) is 13.2 Å². The summed E-state index contributed by atoms with van der Waals surface area (Å²) in [6, 6.07) is 3.36. The molecule has 0 heterocycles. The maximum Gasteiger partial charge on any atom is 0.416 e. The Hall–Kier alpha value is -1.29. The van der Waals surface area contributed by atoms with Crippen molar-refractivity contribution in [3.05, 3.63) is 41.5 Å². The lowest BCUT2D eigenvalue weighted by Gasteiger charge is -2.09. The van der Waals surface area contributed by atoms with Crippen LogP contribution in [-0.4, -0.2) is 5.11 Å². The average molecular weight is 214 g/mol. The van der Waals surface area contributed by atoms with Gasteiger partial charge in [0.25, 0.3) is 0 Å². The van der Waals surface area contributed by atoms with Gasteiger partial charge in [0.1, 0.15) is 0 Å². The zero-order valence-electron chi connectivity index (χ0n) is 7.80. The van der Waals surface area contributed by atoms with Gasteiger partial charge in [0, 0.05) is 6.42 Å². The predicted octanol–water partition coefficient (Wildman–Crippen LogP) is 3.16. The van der Waals surface area contributed by atoms with Gasteiger partial charge in [0.05, 0.1) is 11.7 Å². The van der Waals surface area contributed by atoms with Crippen LogP contribution in [0.3, 0.4) is 0 Å². The first kappa shape index (κ1) is 10.2. The van der Waals surface area contributed by atoms with Gasteiger partial charge in [0.2, 0.25) is 0 Å². The standard InChI is InChI=1S/C11H9F3O/c1-6-4-10(15)8-3-2-7(5-9(6)8)11(12,13)14/h2-3,5,10,15H,1,4H2/t10-/m1/s1. The molecule has 1 N–H and O–H groups in total. The third-order valence-electron chi connectivity index (χ3n) is 2.56. The predicted molar refractivity (Wildman–Crippen MR) is 50.1 cm³/mol. The summed E-state index contributed by atoms with van der Waals surface area (Å²) in [6.45, 7) is 3.64. The SMILES string of the molecule is C=C1C[C@@H](O)c2ccc(C(F)(F)F)cc21. The van der Waals surface area contributed by atoms with Crippen molar-refractivity contribution in [3.8, 4) is 0 Å². The molecule has 0 radical (unpaired) electrons. The minimum atomic E-state index is -4.34. The Morgan fingerprint density at radius 1 is 1.33 bits per heavy atom. The van der Waals surface area contributed by atoms with Gasteiger partial charge >= 0.3 is 6.18 Å². The molecule has 0 saturated carbocycles. The number of aliphatic hydroxyl groups is 1. The quantitative estimate of drug-likeness (QED) is 0.703. The minimum Gasteiger partial charge on any atom is -0.388 e. The van der Waals surface area contributed by atoms with Crippen LogP contribution >= 0.6 is 0 Å². The number of benzene rings is 1. The van der Waals surface area contributed by atoms with E-state index in [1.165, 1.54) is 6.07 Å². The molecule has 1 atom stereocenters. The molecule has 1 aromatic rings. The molecule has 0 aliphatic heterocycles. The van der Waals surface area contributed by atoms with E-state index in [-0.39, 0.29) is 0 Å². The second-order valence-corrected chi connectivity index (χ2v) is 3.62. The fourth-order valence-corrected chi connectivity index (χ4v) is 1.78. The average Bonchev–Trinajstić information content (AvgIpc) is 2.41. The lowest BCUT2D eigenvalue weighted by molar-refractivity contribution is -0.137. The van der Waals surface area contributed by atoms with E-state index in [0.717, 1.165) is 12.1 Å². The second-order valence-electron chi connectivity index (χ2n) is 3.62. The Morgan fingerprint density at radius 3 is 2.60 bits per heavy atom. The van der Waals surface area contributed by atoms with E-state index in [0.29, 0.717) is 23.1 Å². The summed E-state index contributed by atoms with van der Waals surface area (Å²) < 4.78 is 37.2. The molecule has 0 amide bonds. The molecule has 4 heteroatoms. The molecule has 0 aromatic heterocycles. The van der Waals surface area contributed by atoms with Crippen LogP contribution < -0.4 is 0 Å². The van der Waals surface area contributed by atoms with Gasteiger partial charge in [-0.3, -0.25) is 0 Å². The molecule has 1 nitrogen and oxygen atoms in total. The molecule has 0 fully saturated rings. The van der Waals surface area contributed by atoms with E-state index in [2.05, 4.69) is 6.58 Å². The summed E-state index contributed by atoms with van der Waals surface area (Å²) in [7, 11) is 0. The number of aliphatic hydroxyl groups excluding tert-OH is 1. The van der Waals surface area contributed by atoms with E-state index in [9.17, 15) is 18.3 Å². The fourth-order valence-electron chi connectivity index (χ4n) is 1.78. The van der Waals surface area contributed by atoms with Gasteiger partial charge < -0.3 is 5.11 Å². The third-order valence-corrected chi connectivity index (χ3v) is 2.56. The molecule has 0 unspecified atom stereocenters. The van der Waals surface area contributed by atoms with E-state index in [4.69, 9.17) is 0 Å². The summed E-state index contributed by atoms with van der Waals surface area (Å²) in [5.41, 5.74) is 0.824. The number of hydrogen-bond acceptors (Lipinski definition) is 1. The Kier molecular flexibility index (Phi) is 2.12. The van der Waals surface area contributed by atoms with E-state index < -0.39 is 17.8 Å². The first-order valence-corrected chi connectivity index (χ1v) is 4.47. The molecule has 0 saturated heterocycles. The Bertz CT molecular complexity index is 420. The molecule has 1 aromatic carbocycles. The number of rotatable bonds is 0. The fraction of sp³-hybridized carbons (Fsp3) is 0.273. The lowest BCUT2D eigenvalue weighted by atomic mass is 10.0. The van der Waals surface area contributed by atoms with Gasteiger partial charge in [-0.2, -0.15) is 13.2 Å². The van der Waals surface area contributed by atoms with Crippen LogP contribution in [-0.2, 0) is 6.18 Å². The van der Waals surface area contributed by atoms with Gasteiger partial charge in [-0.15, -0.1) is 0 Å². The van der Waals surface area contributed by atoms with Crippen LogP contribution in [0, 0.1) is 0 Å². The largest absolute Gasteiger partial charge is 0.416 e. The normalized spacial score (nSPS) is 20.5. The van der Waals surface area contributed by atoms with Gasteiger partial charge in [-0.1, -0.05) is 12.6 Å². The topological polar surface area (TPSA) is 20.2 Å². The third kappa shape index (κ3) is 1.65. The highest BCUT2D eigenvalue weighted by Crippen LogP contribution is 2.41. The highest BCUT2D eigenvalue weighted by atomic mass is 19.4. The molecule has 1 aliphatic carbocycles.